The van der Waals surface area contributed by atoms with Gasteiger partial charge in [-0.1, -0.05) is 58.4 Å². The monoisotopic (exact) mass is 470 g/mol. The Balaban J connectivity index is 1.52. The molecule has 30 heavy (non-hydrogen) atoms. The molecule has 1 saturated heterocycles. The largest absolute Gasteiger partial charge is 0.336 e. The number of benzene rings is 3. The van der Waals surface area contributed by atoms with Crippen molar-refractivity contribution in [1.82, 2.24) is 9.80 Å². The molecule has 0 saturated carbocycles. The summed E-state index contributed by atoms with van der Waals surface area (Å²) in [6.45, 7) is 2.42. The Hall–Kier alpha value is -2.57. The van der Waals surface area contributed by atoms with Crippen LogP contribution >= 0.6 is 15.9 Å². The second-order valence-corrected chi connectivity index (χ2v) is 8.24. The van der Waals surface area contributed by atoms with Crippen molar-refractivity contribution in [2.24, 2.45) is 0 Å². The minimum absolute atomic E-state index is 0.0832. The zero-order valence-electron chi connectivity index (χ0n) is 16.3. The van der Waals surface area contributed by atoms with E-state index < -0.39 is 11.6 Å². The maximum atomic E-state index is 13.5. The number of hydrogen-bond donors (Lipinski definition) is 0. The maximum Gasteiger partial charge on any atom is 0.254 e. The molecule has 1 aliphatic heterocycles. The number of amides is 1. The van der Waals surface area contributed by atoms with Crippen LogP contribution in [0.1, 0.15) is 27.5 Å². The Bertz CT molecular complexity index is 1020. The van der Waals surface area contributed by atoms with E-state index in [1.165, 1.54) is 17.2 Å². The highest BCUT2D eigenvalue weighted by Gasteiger charge is 2.28. The average Bonchev–Trinajstić information content (AvgIpc) is 2.78. The molecule has 1 aliphatic rings. The number of carbonyl (C=O) groups excluding carboxylic acids is 1. The first kappa shape index (κ1) is 20.7. The summed E-state index contributed by atoms with van der Waals surface area (Å²) in [4.78, 5) is 16.8. The highest BCUT2D eigenvalue weighted by molar-refractivity contribution is 9.10. The van der Waals surface area contributed by atoms with Gasteiger partial charge in [-0.15, -0.1) is 0 Å². The summed E-state index contributed by atoms with van der Waals surface area (Å²) in [6.07, 6.45) is 0. The second kappa shape index (κ2) is 9.06. The van der Waals surface area contributed by atoms with E-state index in [1.54, 1.807) is 4.90 Å². The molecule has 3 aromatic carbocycles. The standard InChI is InChI=1S/C24H21BrF2N2O/c25-20-9-6-18(7-10-20)23(17-4-2-1-3-5-17)28-12-14-29(15-13-28)24(30)19-8-11-21(26)22(27)16-19/h1-11,16,23H,12-15H2/t23-/m0/s1. The molecule has 0 aliphatic carbocycles. The molecule has 154 valence electrons. The van der Waals surface area contributed by atoms with E-state index in [0.29, 0.717) is 26.2 Å². The minimum Gasteiger partial charge on any atom is -0.336 e. The Morgan fingerprint density at radius 2 is 1.43 bits per heavy atom. The molecule has 0 N–H and O–H groups in total. The van der Waals surface area contributed by atoms with Crippen molar-refractivity contribution in [2.75, 3.05) is 26.2 Å². The van der Waals surface area contributed by atoms with Gasteiger partial charge in [0, 0.05) is 36.2 Å². The van der Waals surface area contributed by atoms with E-state index in [0.717, 1.165) is 16.6 Å². The molecular formula is C24H21BrF2N2O. The van der Waals surface area contributed by atoms with Gasteiger partial charge in [0.25, 0.3) is 5.91 Å². The SMILES string of the molecule is O=C(c1ccc(F)c(F)c1)N1CCN([C@@H](c2ccccc2)c2ccc(Br)cc2)CC1. The molecule has 1 fully saturated rings. The molecule has 3 aromatic rings. The summed E-state index contributed by atoms with van der Waals surface area (Å²) >= 11 is 3.49. The van der Waals surface area contributed by atoms with Crippen molar-refractivity contribution in [3.8, 4) is 0 Å². The molecule has 3 nitrogen and oxygen atoms in total. The van der Waals surface area contributed by atoms with Crippen molar-refractivity contribution in [2.45, 2.75) is 6.04 Å². The van der Waals surface area contributed by atoms with Crippen LogP contribution in [0.2, 0.25) is 0 Å². The van der Waals surface area contributed by atoms with Crippen LogP contribution in [0.15, 0.2) is 77.3 Å². The third-order valence-corrected chi connectivity index (χ3v) is 5.96. The lowest BCUT2D eigenvalue weighted by Gasteiger charge is -2.39. The number of piperazine rings is 1. The third-order valence-electron chi connectivity index (χ3n) is 5.43. The van der Waals surface area contributed by atoms with Gasteiger partial charge in [0.15, 0.2) is 11.6 Å². The summed E-state index contributed by atoms with van der Waals surface area (Å²) < 4.78 is 27.7. The fourth-order valence-corrected chi connectivity index (χ4v) is 4.15. The van der Waals surface area contributed by atoms with Crippen LogP contribution in [0.25, 0.3) is 0 Å². The molecular weight excluding hydrogens is 450 g/mol. The van der Waals surface area contributed by atoms with Crippen molar-refractivity contribution >= 4 is 21.8 Å². The third kappa shape index (κ3) is 4.45. The predicted molar refractivity (Wildman–Crippen MR) is 116 cm³/mol. The van der Waals surface area contributed by atoms with E-state index in [1.807, 2.05) is 30.3 Å². The van der Waals surface area contributed by atoms with Gasteiger partial charge in [0.2, 0.25) is 0 Å². The van der Waals surface area contributed by atoms with Crippen molar-refractivity contribution in [3.05, 3.63) is 106 Å². The molecule has 4 rings (SSSR count). The fourth-order valence-electron chi connectivity index (χ4n) is 3.89. The Kier molecular flexibility index (Phi) is 6.25. The topological polar surface area (TPSA) is 23.6 Å². The summed E-state index contributed by atoms with van der Waals surface area (Å²) in [5, 5.41) is 0. The minimum atomic E-state index is -1.00. The quantitative estimate of drug-likeness (QED) is 0.518. The maximum absolute atomic E-state index is 13.5. The molecule has 1 atom stereocenters. The van der Waals surface area contributed by atoms with Crippen LogP contribution in [0, 0.1) is 11.6 Å². The average molecular weight is 471 g/mol. The molecule has 0 aromatic heterocycles. The van der Waals surface area contributed by atoms with Crippen LogP contribution in [-0.2, 0) is 0 Å². The molecule has 0 unspecified atom stereocenters. The molecule has 1 heterocycles. The Labute approximate surface area is 183 Å². The molecule has 0 spiro atoms. The lowest BCUT2D eigenvalue weighted by atomic mass is 9.96. The van der Waals surface area contributed by atoms with Crippen molar-refractivity contribution in [1.29, 1.82) is 0 Å². The summed E-state index contributed by atoms with van der Waals surface area (Å²) in [5.41, 5.74) is 2.56. The van der Waals surface area contributed by atoms with Gasteiger partial charge in [-0.25, -0.2) is 8.78 Å². The molecule has 0 bridgehead atoms. The van der Waals surface area contributed by atoms with Crippen LogP contribution in [0.3, 0.4) is 0 Å². The smallest absolute Gasteiger partial charge is 0.254 e. The predicted octanol–water partition coefficient (Wildman–Crippen LogP) is 5.27. The van der Waals surface area contributed by atoms with Gasteiger partial charge in [-0.3, -0.25) is 9.69 Å². The first-order valence-corrected chi connectivity index (χ1v) is 10.6. The zero-order chi connectivity index (χ0) is 21.1. The number of hydrogen-bond acceptors (Lipinski definition) is 2. The van der Waals surface area contributed by atoms with Crippen molar-refractivity contribution < 1.29 is 13.6 Å². The second-order valence-electron chi connectivity index (χ2n) is 7.32. The number of nitrogens with zero attached hydrogens (tertiary/aromatic N) is 2. The van der Waals surface area contributed by atoms with Gasteiger partial charge in [0.05, 0.1) is 6.04 Å². The molecule has 1 amide bonds. The first-order valence-electron chi connectivity index (χ1n) is 9.82. The van der Waals surface area contributed by atoms with E-state index in [2.05, 4.69) is 45.1 Å². The molecule has 0 radical (unpaired) electrons. The summed E-state index contributed by atoms with van der Waals surface area (Å²) in [5.74, 6) is -2.22. The number of rotatable bonds is 4. The van der Waals surface area contributed by atoms with Gasteiger partial charge in [0.1, 0.15) is 0 Å². The highest BCUT2D eigenvalue weighted by atomic mass is 79.9. The van der Waals surface area contributed by atoms with Crippen molar-refractivity contribution in [3.63, 3.8) is 0 Å². The fraction of sp³-hybridized carbons (Fsp3) is 0.208. The first-order chi connectivity index (χ1) is 14.5. The summed E-state index contributed by atoms with van der Waals surface area (Å²) in [6, 6.07) is 22.0. The highest BCUT2D eigenvalue weighted by Crippen LogP contribution is 2.30. The van der Waals surface area contributed by atoms with Crippen LogP contribution in [0.5, 0.6) is 0 Å². The Morgan fingerprint density at radius 1 is 0.800 bits per heavy atom. The molecule has 6 heteroatoms. The van der Waals surface area contributed by atoms with E-state index in [4.69, 9.17) is 0 Å². The van der Waals surface area contributed by atoms with E-state index >= 15 is 0 Å². The van der Waals surface area contributed by atoms with Gasteiger partial charge in [-0.05, 0) is 41.5 Å². The number of halogens is 3. The van der Waals surface area contributed by atoms with Crippen LogP contribution < -0.4 is 0 Å². The number of carbonyl (C=O) groups is 1. The lowest BCUT2D eigenvalue weighted by molar-refractivity contribution is 0.0597. The van der Waals surface area contributed by atoms with E-state index in [-0.39, 0.29) is 17.5 Å². The normalized spacial score (nSPS) is 15.8. The van der Waals surface area contributed by atoms with Crippen LogP contribution in [-0.4, -0.2) is 41.9 Å². The van der Waals surface area contributed by atoms with Gasteiger partial charge in [-0.2, -0.15) is 0 Å². The zero-order valence-corrected chi connectivity index (χ0v) is 17.9. The Morgan fingerprint density at radius 3 is 2.07 bits per heavy atom. The van der Waals surface area contributed by atoms with Crippen LogP contribution in [0.4, 0.5) is 8.78 Å². The van der Waals surface area contributed by atoms with E-state index in [9.17, 15) is 13.6 Å². The lowest BCUT2D eigenvalue weighted by Crippen LogP contribution is -2.49. The summed E-state index contributed by atoms with van der Waals surface area (Å²) in [7, 11) is 0. The van der Waals surface area contributed by atoms with Gasteiger partial charge < -0.3 is 4.90 Å². The van der Waals surface area contributed by atoms with Gasteiger partial charge >= 0.3 is 0 Å².